The Morgan fingerprint density at radius 2 is 1.79 bits per heavy atom. The summed E-state index contributed by atoms with van der Waals surface area (Å²) in [4.78, 5) is 1.25. The van der Waals surface area contributed by atoms with Gasteiger partial charge in [0, 0.05) is 10.9 Å². The molecule has 5 heteroatoms. The van der Waals surface area contributed by atoms with Gasteiger partial charge in [0.2, 0.25) is 0 Å². The van der Waals surface area contributed by atoms with E-state index >= 15 is 0 Å². The Balaban J connectivity index is 1.77. The minimum Gasteiger partial charge on any atom is -0.337 e. The van der Waals surface area contributed by atoms with Crippen molar-refractivity contribution in [2.24, 2.45) is 0 Å². The highest BCUT2D eigenvalue weighted by molar-refractivity contribution is 8.71. The molecule has 98 valence electrons. The summed E-state index contributed by atoms with van der Waals surface area (Å²) in [6.45, 7) is 2.16. The van der Waals surface area contributed by atoms with Gasteiger partial charge in [-0.1, -0.05) is 53.8 Å². The van der Waals surface area contributed by atoms with E-state index in [4.69, 9.17) is 11.8 Å². The van der Waals surface area contributed by atoms with Crippen LogP contribution in [-0.4, -0.2) is 0 Å². The van der Waals surface area contributed by atoms with Gasteiger partial charge < -0.3 is 5.09 Å². The zero-order valence-corrected chi connectivity index (χ0v) is 13.1. The molecule has 1 heterocycles. The van der Waals surface area contributed by atoms with Gasteiger partial charge in [0.1, 0.15) is 0 Å². The lowest BCUT2D eigenvalue weighted by Gasteiger charge is -2.22. The molecule has 0 amide bonds. The second-order valence-corrected chi connectivity index (χ2v) is 11.2. The molecule has 2 atom stereocenters. The first-order valence-electron chi connectivity index (χ1n) is 6.16. The molecule has 0 saturated heterocycles. The van der Waals surface area contributed by atoms with Crippen LogP contribution in [0.25, 0.3) is 0 Å². The van der Waals surface area contributed by atoms with Crippen LogP contribution in [-0.2, 0) is 11.8 Å². The molecule has 0 aromatic heterocycles. The molecule has 1 aliphatic rings. The van der Waals surface area contributed by atoms with Crippen LogP contribution in [0.1, 0.15) is 18.5 Å². The Bertz CT molecular complexity index is 601. The average molecular weight is 306 g/mol. The van der Waals surface area contributed by atoms with Gasteiger partial charge in [0.05, 0.1) is 5.69 Å². The molecule has 2 aromatic rings. The van der Waals surface area contributed by atoms with Crippen molar-refractivity contribution >= 4 is 34.4 Å². The Morgan fingerprint density at radius 3 is 2.53 bits per heavy atom. The Labute approximate surface area is 122 Å². The number of nitrogens with one attached hydrogen (secondary N) is 2. The number of hydrogen-bond acceptors (Lipinski definition) is 2. The van der Waals surface area contributed by atoms with Crippen molar-refractivity contribution in [2.45, 2.75) is 17.9 Å². The largest absolute Gasteiger partial charge is 0.337 e. The Morgan fingerprint density at radius 1 is 1.11 bits per heavy atom. The van der Waals surface area contributed by atoms with Crippen molar-refractivity contribution in [1.29, 1.82) is 0 Å². The number of rotatable bonds is 3. The van der Waals surface area contributed by atoms with Gasteiger partial charge in [-0.2, -0.15) is 0 Å². The summed E-state index contributed by atoms with van der Waals surface area (Å²) in [6, 6.07) is 19.0. The van der Waals surface area contributed by atoms with E-state index in [2.05, 4.69) is 59.6 Å². The molecule has 0 saturated carbocycles. The highest BCUT2D eigenvalue weighted by atomic mass is 32.9. The minimum atomic E-state index is -1.82. The molecular weight excluding hydrogens is 291 g/mol. The van der Waals surface area contributed by atoms with E-state index in [1.807, 2.05) is 12.1 Å². The molecule has 19 heavy (non-hydrogen) atoms. The quantitative estimate of drug-likeness (QED) is 0.797. The normalized spacial score (nSPS) is 22.6. The van der Waals surface area contributed by atoms with E-state index in [9.17, 15) is 0 Å². The Hall–Kier alpha value is -0.800. The van der Waals surface area contributed by atoms with Gasteiger partial charge in [0.25, 0.3) is 0 Å². The van der Waals surface area contributed by atoms with Crippen molar-refractivity contribution in [2.75, 3.05) is 5.09 Å². The van der Waals surface area contributed by atoms with Gasteiger partial charge in [-0.05, 0) is 36.4 Å². The average Bonchev–Trinajstić information content (AvgIpc) is 2.75. The molecule has 0 radical (unpaired) electrons. The first kappa shape index (κ1) is 13.2. The predicted molar refractivity (Wildman–Crippen MR) is 88.2 cm³/mol. The molecule has 0 fully saturated rings. The highest BCUT2D eigenvalue weighted by Gasteiger charge is 2.29. The fourth-order valence-electron chi connectivity index (χ4n) is 2.09. The Kier molecular flexibility index (Phi) is 3.68. The molecule has 3 rings (SSSR count). The second-order valence-electron chi connectivity index (χ2n) is 4.51. The first-order valence-corrected chi connectivity index (χ1v) is 10.4. The van der Waals surface area contributed by atoms with E-state index in [1.54, 1.807) is 11.4 Å². The summed E-state index contributed by atoms with van der Waals surface area (Å²) in [5.41, 5.74) is 0.601. The van der Waals surface area contributed by atoms with Crippen LogP contribution in [0.5, 0.6) is 0 Å². The van der Waals surface area contributed by atoms with Gasteiger partial charge >= 0.3 is 0 Å². The predicted octanol–water partition coefficient (Wildman–Crippen LogP) is 4.78. The molecule has 2 aromatic carbocycles. The summed E-state index contributed by atoms with van der Waals surface area (Å²) in [5.74, 6) is 0. The maximum atomic E-state index is 5.80. The lowest BCUT2D eigenvalue weighted by molar-refractivity contribution is 0.749. The van der Waals surface area contributed by atoms with Gasteiger partial charge in [-0.3, -0.25) is 5.09 Å². The van der Waals surface area contributed by atoms with Crippen molar-refractivity contribution < 1.29 is 0 Å². The summed E-state index contributed by atoms with van der Waals surface area (Å²) in [6.07, 6.45) is 0. The maximum absolute atomic E-state index is 5.80. The van der Waals surface area contributed by atoms with Crippen LogP contribution < -0.4 is 10.2 Å². The third kappa shape index (κ3) is 2.87. The number of fused-ring (bicyclic) bond motifs is 1. The minimum absolute atomic E-state index is 0.251. The lowest BCUT2D eigenvalue weighted by atomic mass is 10.1. The first-order chi connectivity index (χ1) is 9.16. The molecule has 0 aliphatic carbocycles. The van der Waals surface area contributed by atoms with Crippen LogP contribution in [0.3, 0.4) is 0 Å². The summed E-state index contributed by atoms with van der Waals surface area (Å²) < 4.78 is 0. The second kappa shape index (κ2) is 5.29. The zero-order chi connectivity index (χ0) is 13.3. The van der Waals surface area contributed by atoms with Crippen LogP contribution in [0.4, 0.5) is 5.69 Å². The number of benzene rings is 2. The smallest absolute Gasteiger partial charge is 0.156 e. The van der Waals surface area contributed by atoms with E-state index in [0.29, 0.717) is 0 Å². The molecule has 0 spiro atoms. The summed E-state index contributed by atoms with van der Waals surface area (Å²) >= 11 is 7.57. The summed E-state index contributed by atoms with van der Waals surface area (Å²) in [5, 5.41) is 7.09. The van der Waals surface area contributed by atoms with Crippen LogP contribution >= 0.6 is 16.9 Å². The molecule has 1 aliphatic heterocycles. The number of para-hydroxylation sites is 1. The number of anilines is 1. The van der Waals surface area contributed by atoms with Crippen LogP contribution in [0.2, 0.25) is 0 Å². The SMILES string of the molecule is CC(NP1(=S)Nc2ccccc2S1)c1ccccc1. The molecule has 0 bridgehead atoms. The van der Waals surface area contributed by atoms with E-state index in [0.717, 1.165) is 5.69 Å². The molecule has 2 N–H and O–H groups in total. The molecule has 2 unspecified atom stereocenters. The molecule has 2 nitrogen and oxygen atoms in total. The molecular formula is C14H15N2PS2. The topological polar surface area (TPSA) is 24.1 Å². The lowest BCUT2D eigenvalue weighted by Crippen LogP contribution is -2.16. The van der Waals surface area contributed by atoms with Gasteiger partial charge in [0.15, 0.2) is 5.54 Å². The third-order valence-electron chi connectivity index (χ3n) is 3.04. The standard InChI is InChI=1S/C14H15N2PS2/c1-11(12-7-3-2-4-8-12)15-17(18)16-13-9-5-6-10-14(13)19-17/h2-11H,1H3,(H2,15,16,18). The van der Waals surface area contributed by atoms with Crippen molar-refractivity contribution in [3.8, 4) is 0 Å². The summed E-state index contributed by atoms with van der Waals surface area (Å²) in [7, 11) is 0. The van der Waals surface area contributed by atoms with Crippen molar-refractivity contribution in [3.05, 3.63) is 60.2 Å². The van der Waals surface area contributed by atoms with Crippen molar-refractivity contribution in [3.63, 3.8) is 0 Å². The van der Waals surface area contributed by atoms with E-state index < -0.39 is 5.54 Å². The fourth-order valence-corrected chi connectivity index (χ4v) is 8.00. The van der Waals surface area contributed by atoms with Crippen molar-refractivity contribution in [1.82, 2.24) is 5.09 Å². The third-order valence-corrected chi connectivity index (χ3v) is 8.33. The maximum Gasteiger partial charge on any atom is 0.156 e. The fraction of sp³-hybridized carbons (Fsp3) is 0.143. The monoisotopic (exact) mass is 306 g/mol. The van der Waals surface area contributed by atoms with Gasteiger partial charge in [-0.15, -0.1) is 0 Å². The van der Waals surface area contributed by atoms with E-state index in [-0.39, 0.29) is 6.04 Å². The highest BCUT2D eigenvalue weighted by Crippen LogP contribution is 2.66. The van der Waals surface area contributed by atoms with E-state index in [1.165, 1.54) is 10.5 Å². The number of hydrogen-bond donors (Lipinski definition) is 2. The van der Waals surface area contributed by atoms with Crippen LogP contribution in [0, 0.1) is 0 Å². The zero-order valence-electron chi connectivity index (χ0n) is 10.5. The van der Waals surface area contributed by atoms with Gasteiger partial charge in [-0.25, -0.2) is 0 Å². The van der Waals surface area contributed by atoms with Crippen LogP contribution in [0.15, 0.2) is 59.5 Å².